The van der Waals surface area contributed by atoms with Gasteiger partial charge in [0.05, 0.1) is 3.57 Å². The van der Waals surface area contributed by atoms with E-state index in [4.69, 9.17) is 5.73 Å². The quantitative estimate of drug-likeness (QED) is 0.760. The molecule has 0 fully saturated rings. The van der Waals surface area contributed by atoms with Crippen LogP contribution in [0.3, 0.4) is 0 Å². The Hall–Kier alpha value is -0.690. The van der Waals surface area contributed by atoms with Crippen molar-refractivity contribution in [3.63, 3.8) is 0 Å². The molecule has 0 radical (unpaired) electrons. The molecule has 1 heterocycles. The minimum atomic E-state index is 0.516. The number of anilines is 1. The van der Waals surface area contributed by atoms with Crippen LogP contribution in [-0.4, -0.2) is 9.97 Å². The molecule has 5 heteroatoms. The molecular formula is C11H9BrIN3. The number of nitrogen functional groups attached to an aromatic ring is 1. The van der Waals surface area contributed by atoms with Gasteiger partial charge in [0.15, 0.2) is 5.82 Å². The summed E-state index contributed by atoms with van der Waals surface area (Å²) < 4.78 is 1.92. The van der Waals surface area contributed by atoms with Crippen molar-refractivity contribution >= 4 is 44.3 Å². The fourth-order valence-electron chi connectivity index (χ4n) is 1.25. The zero-order valence-electron chi connectivity index (χ0n) is 8.54. The number of hydrogen-bond acceptors (Lipinski definition) is 3. The predicted molar refractivity (Wildman–Crippen MR) is 77.0 cm³/mol. The number of rotatable bonds is 1. The predicted octanol–water partition coefficient (Wildman–Crippen LogP) is 3.40. The molecule has 0 saturated heterocycles. The summed E-state index contributed by atoms with van der Waals surface area (Å²) in [7, 11) is 0. The van der Waals surface area contributed by atoms with Crippen LogP contribution in [0.25, 0.3) is 11.4 Å². The van der Waals surface area contributed by atoms with Gasteiger partial charge >= 0.3 is 0 Å². The van der Waals surface area contributed by atoms with Crippen molar-refractivity contribution in [2.24, 2.45) is 0 Å². The van der Waals surface area contributed by atoms with Crippen LogP contribution in [0.1, 0.15) is 5.56 Å². The van der Waals surface area contributed by atoms with Crippen molar-refractivity contribution in [1.29, 1.82) is 0 Å². The molecule has 0 amide bonds. The maximum atomic E-state index is 5.76. The van der Waals surface area contributed by atoms with E-state index in [9.17, 15) is 0 Å². The van der Waals surface area contributed by atoms with E-state index in [0.717, 1.165) is 13.6 Å². The van der Waals surface area contributed by atoms with Crippen LogP contribution in [0.2, 0.25) is 0 Å². The molecule has 16 heavy (non-hydrogen) atoms. The zero-order valence-corrected chi connectivity index (χ0v) is 12.3. The molecule has 3 nitrogen and oxygen atoms in total. The van der Waals surface area contributed by atoms with Crippen LogP contribution >= 0.6 is 38.5 Å². The van der Waals surface area contributed by atoms with Gasteiger partial charge in [-0.1, -0.05) is 28.1 Å². The van der Waals surface area contributed by atoms with E-state index >= 15 is 0 Å². The lowest BCUT2D eigenvalue weighted by molar-refractivity contribution is 1.17. The first kappa shape index (κ1) is 11.8. The summed E-state index contributed by atoms with van der Waals surface area (Å²) in [5.74, 6) is 1.17. The van der Waals surface area contributed by atoms with Crippen molar-refractivity contribution in [1.82, 2.24) is 9.97 Å². The van der Waals surface area contributed by atoms with Crippen molar-refractivity contribution in [2.75, 3.05) is 5.73 Å². The van der Waals surface area contributed by atoms with Crippen LogP contribution in [0.4, 0.5) is 5.82 Å². The van der Waals surface area contributed by atoms with E-state index in [1.165, 1.54) is 5.56 Å². The summed E-state index contributed by atoms with van der Waals surface area (Å²) in [6.45, 7) is 2.04. The zero-order chi connectivity index (χ0) is 11.7. The van der Waals surface area contributed by atoms with Crippen molar-refractivity contribution < 1.29 is 0 Å². The topological polar surface area (TPSA) is 51.8 Å². The monoisotopic (exact) mass is 389 g/mol. The third-order valence-corrected chi connectivity index (χ3v) is 3.89. The molecule has 0 saturated carbocycles. The molecule has 0 aliphatic rings. The first-order valence-electron chi connectivity index (χ1n) is 4.62. The average molecular weight is 390 g/mol. The Kier molecular flexibility index (Phi) is 3.44. The van der Waals surface area contributed by atoms with Crippen LogP contribution in [0, 0.1) is 10.5 Å². The molecule has 0 aliphatic carbocycles. The molecule has 2 aromatic rings. The fourth-order valence-corrected chi connectivity index (χ4v) is 1.89. The van der Waals surface area contributed by atoms with Gasteiger partial charge in [0.1, 0.15) is 5.82 Å². The Balaban J connectivity index is 2.50. The van der Waals surface area contributed by atoms with Crippen LogP contribution in [0.5, 0.6) is 0 Å². The number of aryl methyl sites for hydroxylation is 1. The van der Waals surface area contributed by atoms with Gasteiger partial charge in [0.25, 0.3) is 0 Å². The first-order valence-corrected chi connectivity index (χ1v) is 6.49. The van der Waals surface area contributed by atoms with Gasteiger partial charge in [-0.25, -0.2) is 9.97 Å². The minimum Gasteiger partial charge on any atom is -0.383 e. The van der Waals surface area contributed by atoms with Gasteiger partial charge in [-0.15, -0.1) is 0 Å². The summed E-state index contributed by atoms with van der Waals surface area (Å²) >= 11 is 5.60. The third kappa shape index (κ3) is 2.35. The number of benzene rings is 1. The molecule has 2 rings (SSSR count). The van der Waals surface area contributed by atoms with Crippen molar-refractivity contribution in [3.05, 3.63) is 38.0 Å². The SMILES string of the molecule is Cc1ccc(-c2ncc(I)c(N)n2)cc1Br. The highest BCUT2D eigenvalue weighted by atomic mass is 127. The van der Waals surface area contributed by atoms with E-state index in [0.29, 0.717) is 11.6 Å². The second kappa shape index (κ2) is 4.67. The molecule has 0 aliphatic heterocycles. The Bertz CT molecular complexity index is 493. The van der Waals surface area contributed by atoms with Crippen LogP contribution < -0.4 is 5.73 Å². The summed E-state index contributed by atoms with van der Waals surface area (Å²) in [5, 5.41) is 0. The fraction of sp³-hybridized carbons (Fsp3) is 0.0909. The highest BCUT2D eigenvalue weighted by Gasteiger charge is 2.05. The molecule has 82 valence electrons. The Morgan fingerprint density at radius 2 is 2.12 bits per heavy atom. The van der Waals surface area contributed by atoms with Gasteiger partial charge in [0.2, 0.25) is 0 Å². The lowest BCUT2D eigenvalue weighted by Crippen LogP contribution is -1.98. The first-order chi connectivity index (χ1) is 7.58. The van der Waals surface area contributed by atoms with E-state index in [1.807, 2.05) is 25.1 Å². The number of aromatic nitrogens is 2. The van der Waals surface area contributed by atoms with Crippen molar-refractivity contribution in [2.45, 2.75) is 6.92 Å². The molecule has 0 spiro atoms. The van der Waals surface area contributed by atoms with Gasteiger partial charge in [-0.05, 0) is 41.1 Å². The Morgan fingerprint density at radius 3 is 2.75 bits per heavy atom. The number of hydrogen-bond donors (Lipinski definition) is 1. The molecule has 0 unspecified atom stereocenters. The maximum Gasteiger partial charge on any atom is 0.161 e. The largest absolute Gasteiger partial charge is 0.383 e. The standard InChI is InChI=1S/C11H9BrIN3/c1-6-2-3-7(4-8(6)12)11-15-5-9(13)10(14)16-11/h2-5H,1H3,(H2,14,15,16). The normalized spacial score (nSPS) is 10.4. The summed E-state index contributed by atoms with van der Waals surface area (Å²) in [6, 6.07) is 6.01. The molecule has 0 atom stereocenters. The summed E-state index contributed by atoms with van der Waals surface area (Å²) in [5.41, 5.74) is 7.90. The second-order valence-electron chi connectivity index (χ2n) is 3.39. The lowest BCUT2D eigenvalue weighted by atomic mass is 10.1. The molecule has 1 aromatic heterocycles. The second-order valence-corrected chi connectivity index (χ2v) is 5.41. The lowest BCUT2D eigenvalue weighted by Gasteiger charge is -2.04. The van der Waals surface area contributed by atoms with Gasteiger partial charge in [-0.2, -0.15) is 0 Å². The van der Waals surface area contributed by atoms with Crippen molar-refractivity contribution in [3.8, 4) is 11.4 Å². The number of nitrogens with zero attached hydrogens (tertiary/aromatic N) is 2. The van der Waals surface area contributed by atoms with Gasteiger partial charge in [-0.3, -0.25) is 0 Å². The smallest absolute Gasteiger partial charge is 0.161 e. The van der Waals surface area contributed by atoms with Gasteiger partial charge in [0, 0.05) is 16.2 Å². The van der Waals surface area contributed by atoms with E-state index < -0.39 is 0 Å². The highest BCUT2D eigenvalue weighted by Crippen LogP contribution is 2.24. The number of nitrogens with two attached hydrogens (primary N) is 1. The Labute approximate surface area is 116 Å². The summed E-state index contributed by atoms with van der Waals surface area (Å²) in [4.78, 5) is 8.51. The maximum absolute atomic E-state index is 5.76. The molecule has 1 aromatic carbocycles. The van der Waals surface area contributed by atoms with Crippen LogP contribution in [0.15, 0.2) is 28.9 Å². The van der Waals surface area contributed by atoms with E-state index in [-0.39, 0.29) is 0 Å². The molecular weight excluding hydrogens is 381 g/mol. The highest BCUT2D eigenvalue weighted by molar-refractivity contribution is 14.1. The number of halogens is 2. The minimum absolute atomic E-state index is 0.516. The molecule has 2 N–H and O–H groups in total. The van der Waals surface area contributed by atoms with Crippen LogP contribution in [-0.2, 0) is 0 Å². The third-order valence-electron chi connectivity index (χ3n) is 2.20. The average Bonchev–Trinajstić information content (AvgIpc) is 2.26. The van der Waals surface area contributed by atoms with E-state index in [2.05, 4.69) is 48.5 Å². The molecule has 0 bridgehead atoms. The Morgan fingerprint density at radius 1 is 1.38 bits per heavy atom. The van der Waals surface area contributed by atoms with E-state index in [1.54, 1.807) is 6.20 Å². The van der Waals surface area contributed by atoms with Gasteiger partial charge < -0.3 is 5.73 Å². The summed E-state index contributed by atoms with van der Waals surface area (Å²) in [6.07, 6.45) is 1.73.